The number of aromatic nitrogens is 7. The van der Waals surface area contributed by atoms with Crippen LogP contribution in [0.4, 0.5) is 19.1 Å². The number of rotatable bonds is 3. The first-order chi connectivity index (χ1) is 16.8. The molecule has 5 aromatic rings. The van der Waals surface area contributed by atoms with Crippen LogP contribution in [0.3, 0.4) is 0 Å². The zero-order valence-electron chi connectivity index (χ0n) is 19.0. The Morgan fingerprint density at radius 1 is 1.06 bits per heavy atom. The number of nitrogens with one attached hydrogen (secondary N) is 3. The minimum absolute atomic E-state index is 0.0498. The largest absolute Gasteiger partial charge is 0.435 e. The average molecular weight is 478 g/mol. The van der Waals surface area contributed by atoms with Crippen LogP contribution in [0, 0.1) is 13.8 Å². The third kappa shape index (κ3) is 3.67. The van der Waals surface area contributed by atoms with Crippen LogP contribution in [0.1, 0.15) is 34.6 Å². The molecular weight excluding hydrogens is 457 g/mol. The highest BCUT2D eigenvalue weighted by atomic mass is 19.4. The third-order valence-electron chi connectivity index (χ3n) is 6.46. The van der Waals surface area contributed by atoms with Gasteiger partial charge in [-0.25, -0.2) is 15.0 Å². The number of hydrogen-bond acceptors (Lipinski definition) is 6. The average Bonchev–Trinajstić information content (AvgIpc) is 3.47. The zero-order chi connectivity index (χ0) is 24.3. The summed E-state index contributed by atoms with van der Waals surface area (Å²) in [7, 11) is 0. The van der Waals surface area contributed by atoms with Crippen molar-refractivity contribution in [2.75, 3.05) is 5.32 Å². The number of pyridine rings is 1. The van der Waals surface area contributed by atoms with Crippen LogP contribution in [0.25, 0.3) is 33.1 Å². The first-order valence-corrected chi connectivity index (χ1v) is 11.3. The summed E-state index contributed by atoms with van der Waals surface area (Å²) in [6, 6.07) is 5.49. The summed E-state index contributed by atoms with van der Waals surface area (Å²) in [6.07, 6.45) is 0.317. The van der Waals surface area contributed by atoms with Gasteiger partial charge in [0.15, 0.2) is 5.69 Å². The Labute approximate surface area is 197 Å². The van der Waals surface area contributed by atoms with Crippen molar-refractivity contribution in [3.05, 3.63) is 58.8 Å². The van der Waals surface area contributed by atoms with Gasteiger partial charge in [0, 0.05) is 34.4 Å². The molecule has 11 heteroatoms. The molecule has 0 bridgehead atoms. The van der Waals surface area contributed by atoms with Crippen molar-refractivity contribution in [2.45, 2.75) is 45.3 Å². The lowest BCUT2D eigenvalue weighted by molar-refractivity contribution is -0.140. The van der Waals surface area contributed by atoms with Gasteiger partial charge in [-0.1, -0.05) is 0 Å². The van der Waals surface area contributed by atoms with E-state index in [0.717, 1.165) is 45.2 Å². The van der Waals surface area contributed by atoms with Crippen molar-refractivity contribution in [1.29, 1.82) is 0 Å². The van der Waals surface area contributed by atoms with Crippen molar-refractivity contribution >= 4 is 27.8 Å². The van der Waals surface area contributed by atoms with E-state index in [2.05, 4.69) is 35.7 Å². The molecule has 35 heavy (non-hydrogen) atoms. The van der Waals surface area contributed by atoms with Crippen LogP contribution in [0.2, 0.25) is 0 Å². The lowest BCUT2D eigenvalue weighted by atomic mass is 9.83. The smallest absolute Gasteiger partial charge is 0.351 e. The number of alkyl halides is 3. The van der Waals surface area contributed by atoms with Crippen molar-refractivity contribution in [1.82, 2.24) is 35.3 Å². The number of hydrogen-bond donors (Lipinski definition) is 3. The van der Waals surface area contributed by atoms with Crippen molar-refractivity contribution in [3.8, 4) is 11.3 Å². The zero-order valence-corrected chi connectivity index (χ0v) is 19.0. The Hall–Kier alpha value is -4.02. The van der Waals surface area contributed by atoms with Crippen LogP contribution < -0.4 is 5.32 Å². The molecular formula is C24H21F3N8. The van der Waals surface area contributed by atoms with E-state index in [1.54, 1.807) is 6.20 Å². The Bertz CT molecular complexity index is 1560. The van der Waals surface area contributed by atoms with E-state index in [-0.39, 0.29) is 11.6 Å². The Balaban J connectivity index is 1.53. The fourth-order valence-corrected chi connectivity index (χ4v) is 5.07. The molecule has 1 unspecified atom stereocenters. The molecule has 6 rings (SSSR count). The van der Waals surface area contributed by atoms with E-state index in [4.69, 9.17) is 4.98 Å². The van der Waals surface area contributed by atoms with E-state index in [1.165, 1.54) is 6.20 Å². The summed E-state index contributed by atoms with van der Waals surface area (Å²) in [5.74, 6) is 0.516. The van der Waals surface area contributed by atoms with Gasteiger partial charge in [-0.3, -0.25) is 10.2 Å². The number of H-pyrrole nitrogens is 2. The van der Waals surface area contributed by atoms with Gasteiger partial charge in [-0.2, -0.15) is 23.4 Å². The van der Waals surface area contributed by atoms with Gasteiger partial charge in [0.1, 0.15) is 0 Å². The summed E-state index contributed by atoms with van der Waals surface area (Å²) >= 11 is 0. The molecule has 1 aliphatic rings. The van der Waals surface area contributed by atoms with Gasteiger partial charge < -0.3 is 5.32 Å². The Morgan fingerprint density at radius 2 is 1.86 bits per heavy atom. The lowest BCUT2D eigenvalue weighted by Gasteiger charge is -2.28. The second-order valence-corrected chi connectivity index (χ2v) is 8.91. The molecule has 1 aliphatic carbocycles. The number of anilines is 1. The maximum Gasteiger partial charge on any atom is 0.435 e. The number of halogens is 3. The number of nitrogens with zero attached hydrogens (tertiary/aromatic N) is 5. The molecule has 0 saturated carbocycles. The van der Waals surface area contributed by atoms with Crippen LogP contribution >= 0.6 is 0 Å². The van der Waals surface area contributed by atoms with Crippen LogP contribution in [0.15, 0.2) is 30.6 Å². The SMILES string of the molecule is Cc1cc(C)nc(NC2CCc3c(c(-c4c[nH]nc4C(F)(F)F)nc4ccc5[nH]ncc5c34)C2)n1. The molecule has 0 fully saturated rings. The number of aryl methyl sites for hydroxylation is 3. The first kappa shape index (κ1) is 21.5. The van der Waals surface area contributed by atoms with Crippen LogP contribution in [-0.4, -0.2) is 41.4 Å². The van der Waals surface area contributed by atoms with Gasteiger partial charge >= 0.3 is 6.18 Å². The lowest BCUT2D eigenvalue weighted by Crippen LogP contribution is -2.29. The molecule has 1 atom stereocenters. The normalized spacial score (nSPS) is 16.1. The Kier molecular flexibility index (Phi) is 4.77. The summed E-state index contributed by atoms with van der Waals surface area (Å²) in [4.78, 5) is 13.7. The Morgan fingerprint density at radius 3 is 2.63 bits per heavy atom. The number of aromatic amines is 2. The van der Waals surface area contributed by atoms with E-state index >= 15 is 0 Å². The molecule has 0 amide bonds. The standard InChI is InChI=1S/C24H21F3N8/c1-11-7-12(2)31-23(30-11)32-13-3-4-14-15(8-13)21(17-10-29-35-22(17)24(25,26)27)33-19-6-5-18-16(20(14)19)9-28-34-18/h5-7,9-10,13H,3-4,8H2,1-2H3,(H,28,34)(H,29,35)(H,30,31,32). The maximum absolute atomic E-state index is 13.8. The molecule has 4 heterocycles. The van der Waals surface area contributed by atoms with Crippen LogP contribution in [-0.2, 0) is 19.0 Å². The van der Waals surface area contributed by atoms with Crippen molar-refractivity contribution in [2.24, 2.45) is 0 Å². The van der Waals surface area contributed by atoms with Crippen LogP contribution in [0.5, 0.6) is 0 Å². The van der Waals surface area contributed by atoms with Gasteiger partial charge in [-0.05, 0) is 62.4 Å². The molecule has 0 aliphatic heterocycles. The third-order valence-corrected chi connectivity index (χ3v) is 6.46. The molecule has 178 valence electrons. The molecule has 8 nitrogen and oxygen atoms in total. The summed E-state index contributed by atoms with van der Waals surface area (Å²) in [5.41, 5.74) is 4.22. The fraction of sp³-hybridized carbons (Fsp3) is 0.292. The van der Waals surface area contributed by atoms with Gasteiger partial charge in [-0.15, -0.1) is 0 Å². The van der Waals surface area contributed by atoms with Gasteiger partial charge in [0.25, 0.3) is 0 Å². The quantitative estimate of drug-likeness (QED) is 0.341. The second kappa shape index (κ2) is 7.76. The minimum atomic E-state index is -4.60. The topological polar surface area (TPSA) is 108 Å². The van der Waals surface area contributed by atoms with Crippen molar-refractivity contribution < 1.29 is 13.2 Å². The number of fused-ring (bicyclic) bond motifs is 5. The molecule has 0 spiro atoms. The molecule has 3 N–H and O–H groups in total. The van der Waals surface area contributed by atoms with Gasteiger partial charge in [0.05, 0.1) is 28.5 Å². The van der Waals surface area contributed by atoms with E-state index in [9.17, 15) is 13.2 Å². The summed E-state index contributed by atoms with van der Waals surface area (Å²) in [6.45, 7) is 3.80. The van der Waals surface area contributed by atoms with E-state index < -0.39 is 11.9 Å². The first-order valence-electron chi connectivity index (χ1n) is 11.3. The van der Waals surface area contributed by atoms with Crippen molar-refractivity contribution in [3.63, 3.8) is 0 Å². The van der Waals surface area contributed by atoms with E-state index in [1.807, 2.05) is 32.0 Å². The highest BCUT2D eigenvalue weighted by molar-refractivity contribution is 6.07. The highest BCUT2D eigenvalue weighted by Crippen LogP contribution is 2.41. The maximum atomic E-state index is 13.8. The van der Waals surface area contributed by atoms with Gasteiger partial charge in [0.2, 0.25) is 5.95 Å². The highest BCUT2D eigenvalue weighted by Gasteiger charge is 2.38. The minimum Gasteiger partial charge on any atom is -0.351 e. The summed E-state index contributed by atoms with van der Waals surface area (Å²) in [5, 5.41) is 18.2. The summed E-state index contributed by atoms with van der Waals surface area (Å²) < 4.78 is 41.3. The monoisotopic (exact) mass is 478 g/mol. The fourth-order valence-electron chi connectivity index (χ4n) is 5.07. The molecule has 4 aromatic heterocycles. The predicted octanol–water partition coefficient (Wildman–Crippen LogP) is 4.90. The molecule has 1 aromatic carbocycles. The molecule has 0 radical (unpaired) electrons. The predicted molar refractivity (Wildman–Crippen MR) is 125 cm³/mol. The molecule has 0 saturated heterocycles. The van der Waals surface area contributed by atoms with E-state index in [0.29, 0.717) is 30.0 Å². The second-order valence-electron chi connectivity index (χ2n) is 8.91. The number of benzene rings is 1.